The SMILES string of the molecule is Cc1nc(N[C@H](C)c2cccc(C(C)(F)F)c2)c2cc(C3CCS(=O)(=O)CC3)c(=O)n(CC(=O)NCCCCN3CC(C)C3)c2n1. The monoisotopic (exact) mass is 658 g/mol. The molecule has 5 rings (SSSR count). The van der Waals surface area contributed by atoms with Crippen LogP contribution in [0, 0.1) is 12.8 Å². The Balaban J connectivity index is 1.44. The van der Waals surface area contributed by atoms with Crippen molar-refractivity contribution < 1.29 is 22.0 Å². The first-order chi connectivity index (χ1) is 21.7. The number of nitrogens with zero attached hydrogens (tertiary/aromatic N) is 4. The van der Waals surface area contributed by atoms with E-state index < -0.39 is 21.8 Å². The van der Waals surface area contributed by atoms with Crippen molar-refractivity contribution >= 4 is 32.6 Å². The number of hydrogen-bond acceptors (Lipinski definition) is 8. The van der Waals surface area contributed by atoms with Gasteiger partial charge in [0.25, 0.3) is 11.5 Å². The number of amides is 1. The number of alkyl halides is 2. The number of unbranched alkanes of at least 4 members (excludes halogenated alkanes) is 1. The predicted molar refractivity (Wildman–Crippen MR) is 175 cm³/mol. The standard InChI is InChI=1S/C33H44F2N6O4S/c1-21-18-40(19-21)13-6-5-12-36-29(42)20-41-31-28(17-27(32(41)43)24-10-14-46(44,45)15-11-24)30(38-23(3)39-31)37-22(2)25-8-7-9-26(16-25)33(4,34)35/h7-9,16-17,21-22,24H,5-6,10-15,18-20H2,1-4H3,(H,36,42)(H,37,38,39)/t22-/m1/s1. The van der Waals surface area contributed by atoms with Crippen molar-refractivity contribution in [3.63, 3.8) is 0 Å². The first-order valence-electron chi connectivity index (χ1n) is 16.1. The maximum atomic E-state index is 14.1. The van der Waals surface area contributed by atoms with Crippen LogP contribution in [0.15, 0.2) is 35.1 Å². The first-order valence-corrected chi connectivity index (χ1v) is 17.9. The molecule has 250 valence electrons. The second kappa shape index (κ2) is 13.7. The number of carbonyl (C=O) groups is 1. The summed E-state index contributed by atoms with van der Waals surface area (Å²) in [6.07, 6.45) is 2.39. The Morgan fingerprint density at radius 3 is 2.52 bits per heavy atom. The zero-order chi connectivity index (χ0) is 33.2. The number of likely N-dealkylation sites (tertiary alicyclic amines) is 1. The van der Waals surface area contributed by atoms with Crippen LogP contribution in [0.4, 0.5) is 14.6 Å². The van der Waals surface area contributed by atoms with Crippen molar-refractivity contribution in [2.24, 2.45) is 5.92 Å². The molecule has 2 saturated heterocycles. The van der Waals surface area contributed by atoms with Gasteiger partial charge < -0.3 is 15.5 Å². The number of aromatic nitrogens is 3. The van der Waals surface area contributed by atoms with Gasteiger partial charge in [0.1, 0.15) is 33.7 Å². The average molecular weight is 659 g/mol. The van der Waals surface area contributed by atoms with Gasteiger partial charge in [0, 0.05) is 43.7 Å². The van der Waals surface area contributed by atoms with Gasteiger partial charge in [-0.15, -0.1) is 0 Å². The van der Waals surface area contributed by atoms with E-state index in [4.69, 9.17) is 0 Å². The minimum absolute atomic E-state index is 0.0170. The van der Waals surface area contributed by atoms with E-state index in [2.05, 4.69) is 32.4 Å². The predicted octanol–water partition coefficient (Wildman–Crippen LogP) is 4.53. The van der Waals surface area contributed by atoms with Gasteiger partial charge in [-0.2, -0.15) is 0 Å². The molecule has 1 atom stereocenters. The Bertz CT molecular complexity index is 1740. The number of nitrogens with one attached hydrogen (secondary N) is 2. The lowest BCUT2D eigenvalue weighted by molar-refractivity contribution is -0.121. The molecule has 0 spiro atoms. The molecule has 1 amide bonds. The maximum absolute atomic E-state index is 14.1. The molecule has 10 nitrogen and oxygen atoms in total. The lowest BCUT2D eigenvalue weighted by Crippen LogP contribution is -2.45. The topological polar surface area (TPSA) is 126 Å². The third kappa shape index (κ3) is 8.09. The molecule has 2 aromatic heterocycles. The lowest BCUT2D eigenvalue weighted by Gasteiger charge is -2.37. The van der Waals surface area contributed by atoms with Crippen molar-refractivity contribution in [3.8, 4) is 0 Å². The van der Waals surface area contributed by atoms with Crippen molar-refractivity contribution in [2.45, 2.75) is 77.8 Å². The van der Waals surface area contributed by atoms with Gasteiger partial charge in [-0.1, -0.05) is 25.1 Å². The van der Waals surface area contributed by atoms with Crippen molar-refractivity contribution in [1.82, 2.24) is 24.8 Å². The summed E-state index contributed by atoms with van der Waals surface area (Å²) < 4.78 is 53.9. The molecule has 0 bridgehead atoms. The van der Waals surface area contributed by atoms with E-state index in [1.54, 1.807) is 25.1 Å². The van der Waals surface area contributed by atoms with Gasteiger partial charge >= 0.3 is 0 Å². The average Bonchev–Trinajstić information content (AvgIpc) is 2.97. The number of sulfone groups is 1. The minimum Gasteiger partial charge on any atom is -0.363 e. The zero-order valence-electron chi connectivity index (χ0n) is 27.0. The highest BCUT2D eigenvalue weighted by Gasteiger charge is 2.29. The van der Waals surface area contributed by atoms with E-state index in [0.717, 1.165) is 45.3 Å². The molecule has 2 aliphatic rings. The normalized spacial score (nSPS) is 18.3. The van der Waals surface area contributed by atoms with Crippen LogP contribution in [0.3, 0.4) is 0 Å². The number of rotatable bonds is 12. The van der Waals surface area contributed by atoms with Gasteiger partial charge in [-0.05, 0) is 75.6 Å². The summed E-state index contributed by atoms with van der Waals surface area (Å²) in [6, 6.07) is 7.43. The Labute approximate surface area is 268 Å². The quantitative estimate of drug-likeness (QED) is 0.272. The van der Waals surface area contributed by atoms with E-state index in [0.29, 0.717) is 47.5 Å². The third-order valence-electron chi connectivity index (χ3n) is 8.99. The number of halogens is 2. The lowest BCUT2D eigenvalue weighted by atomic mass is 9.93. The highest BCUT2D eigenvalue weighted by atomic mass is 32.2. The molecule has 46 heavy (non-hydrogen) atoms. The highest BCUT2D eigenvalue weighted by Crippen LogP contribution is 2.33. The number of hydrogen-bond donors (Lipinski definition) is 2. The molecule has 13 heteroatoms. The van der Waals surface area contributed by atoms with Crippen molar-refractivity contribution in [3.05, 3.63) is 63.2 Å². The summed E-state index contributed by atoms with van der Waals surface area (Å²) >= 11 is 0. The van der Waals surface area contributed by atoms with Crippen LogP contribution < -0.4 is 16.2 Å². The summed E-state index contributed by atoms with van der Waals surface area (Å²) in [5.74, 6) is -2.17. The number of carbonyl (C=O) groups excluding carboxylic acids is 1. The number of anilines is 1. The fraction of sp³-hybridized carbons (Fsp3) is 0.576. The third-order valence-corrected chi connectivity index (χ3v) is 10.7. The van der Waals surface area contributed by atoms with Crippen molar-refractivity contribution in [1.29, 1.82) is 0 Å². The Kier molecular flexibility index (Phi) is 10.1. The molecule has 2 N–H and O–H groups in total. The van der Waals surface area contributed by atoms with Gasteiger partial charge in [-0.25, -0.2) is 27.2 Å². The Morgan fingerprint density at radius 1 is 1.13 bits per heavy atom. The Hall–Kier alpha value is -3.45. The number of aryl methyl sites for hydroxylation is 1. The van der Waals surface area contributed by atoms with Gasteiger partial charge in [-0.3, -0.25) is 14.2 Å². The molecule has 0 aliphatic carbocycles. The molecular weight excluding hydrogens is 614 g/mol. The molecule has 2 aliphatic heterocycles. The minimum atomic E-state index is -3.17. The first kappa shape index (κ1) is 33.9. The van der Waals surface area contributed by atoms with Gasteiger partial charge in [0.05, 0.1) is 16.9 Å². The molecule has 4 heterocycles. The van der Waals surface area contributed by atoms with Crippen LogP contribution in [0.25, 0.3) is 11.0 Å². The van der Waals surface area contributed by atoms with Crippen LogP contribution in [0.5, 0.6) is 0 Å². The summed E-state index contributed by atoms with van der Waals surface area (Å²) in [4.78, 5) is 38.7. The molecule has 3 aromatic rings. The fourth-order valence-corrected chi connectivity index (χ4v) is 7.88. The second-order valence-corrected chi connectivity index (χ2v) is 15.4. The van der Waals surface area contributed by atoms with Crippen LogP contribution in [0.2, 0.25) is 0 Å². The van der Waals surface area contributed by atoms with Gasteiger partial charge in [0.15, 0.2) is 0 Å². The van der Waals surface area contributed by atoms with Crippen LogP contribution in [0.1, 0.15) is 80.9 Å². The van der Waals surface area contributed by atoms with E-state index >= 15 is 0 Å². The van der Waals surface area contributed by atoms with E-state index in [-0.39, 0.29) is 46.6 Å². The molecule has 0 saturated carbocycles. The summed E-state index contributed by atoms with van der Waals surface area (Å²) in [5.41, 5.74) is 0.822. The second-order valence-electron chi connectivity index (χ2n) is 13.1. The largest absolute Gasteiger partial charge is 0.363 e. The maximum Gasteiger partial charge on any atom is 0.270 e. The highest BCUT2D eigenvalue weighted by molar-refractivity contribution is 7.91. The molecule has 2 fully saturated rings. The zero-order valence-corrected chi connectivity index (χ0v) is 27.8. The van der Waals surface area contributed by atoms with E-state index in [1.807, 2.05) is 6.92 Å². The Morgan fingerprint density at radius 2 is 1.85 bits per heavy atom. The summed E-state index contributed by atoms with van der Waals surface area (Å²) in [5, 5.41) is 6.75. The number of pyridine rings is 1. The van der Waals surface area contributed by atoms with E-state index in [9.17, 15) is 26.8 Å². The van der Waals surface area contributed by atoms with Crippen LogP contribution >= 0.6 is 0 Å². The summed E-state index contributed by atoms with van der Waals surface area (Å²) in [7, 11) is -3.17. The molecule has 0 radical (unpaired) electrons. The fourth-order valence-electron chi connectivity index (χ4n) is 6.39. The molecule has 1 aromatic carbocycles. The van der Waals surface area contributed by atoms with E-state index in [1.165, 1.54) is 16.7 Å². The van der Waals surface area contributed by atoms with Gasteiger partial charge in [0.2, 0.25) is 5.91 Å². The number of benzene rings is 1. The molecule has 0 unspecified atom stereocenters. The van der Waals surface area contributed by atoms with Crippen LogP contribution in [-0.4, -0.2) is 71.4 Å². The summed E-state index contributed by atoms with van der Waals surface area (Å²) in [6.45, 7) is 10.1. The smallest absolute Gasteiger partial charge is 0.270 e. The van der Waals surface area contributed by atoms with Crippen molar-refractivity contribution in [2.75, 3.05) is 43.0 Å². The molecular formula is C33H44F2N6O4S. The number of fused-ring (bicyclic) bond motifs is 1. The van der Waals surface area contributed by atoms with Crippen LogP contribution in [-0.2, 0) is 27.1 Å².